The van der Waals surface area contributed by atoms with Crippen molar-refractivity contribution in [2.45, 2.75) is 31.3 Å². The van der Waals surface area contributed by atoms with Gasteiger partial charge in [-0.1, -0.05) is 60.7 Å². The molecule has 1 aliphatic heterocycles. The van der Waals surface area contributed by atoms with Crippen LogP contribution in [0.5, 0.6) is 5.75 Å². The number of hydrogen-bond acceptors (Lipinski definition) is 3. The summed E-state index contributed by atoms with van der Waals surface area (Å²) in [4.78, 5) is 12.8. The van der Waals surface area contributed by atoms with Gasteiger partial charge in [0.05, 0.1) is 0 Å². The van der Waals surface area contributed by atoms with E-state index in [1.54, 1.807) is 6.92 Å². The minimum atomic E-state index is -0.566. The minimum Gasteiger partial charge on any atom is -0.481 e. The number of carbonyl (C=O) groups excluding carboxylic acids is 1. The van der Waals surface area contributed by atoms with E-state index in [4.69, 9.17) is 9.47 Å². The van der Waals surface area contributed by atoms with Gasteiger partial charge in [0.15, 0.2) is 6.10 Å². The van der Waals surface area contributed by atoms with E-state index in [1.807, 2.05) is 42.5 Å². The lowest BCUT2D eigenvalue weighted by atomic mass is 9.74. The fourth-order valence-electron chi connectivity index (χ4n) is 4.02. The molecule has 4 heteroatoms. The van der Waals surface area contributed by atoms with Gasteiger partial charge in [0.2, 0.25) is 0 Å². The standard InChI is InChI=1S/C25H27NO3/c1-19(29-23-12-11-20-7-5-6-8-21(20)17-23)24(27)26-18-25(13-15-28-16-14-25)22-9-3-2-4-10-22/h2-12,17,19H,13-16,18H2,1H3,(H,26,27)/t19-/m0/s1. The first kappa shape index (κ1) is 19.5. The molecule has 1 heterocycles. The topological polar surface area (TPSA) is 47.6 Å². The number of fused-ring (bicyclic) bond motifs is 1. The van der Waals surface area contributed by atoms with Gasteiger partial charge in [-0.3, -0.25) is 4.79 Å². The average Bonchev–Trinajstić information content (AvgIpc) is 2.78. The van der Waals surface area contributed by atoms with Gasteiger partial charge in [0.1, 0.15) is 5.75 Å². The van der Waals surface area contributed by atoms with E-state index in [0.717, 1.165) is 23.6 Å². The highest BCUT2D eigenvalue weighted by Crippen LogP contribution is 2.34. The molecular formula is C25H27NO3. The van der Waals surface area contributed by atoms with Crippen LogP contribution in [0.2, 0.25) is 0 Å². The molecular weight excluding hydrogens is 362 g/mol. The van der Waals surface area contributed by atoms with E-state index < -0.39 is 6.10 Å². The molecule has 0 saturated carbocycles. The second-order valence-corrected chi connectivity index (χ2v) is 7.75. The van der Waals surface area contributed by atoms with E-state index in [1.165, 1.54) is 5.56 Å². The fraction of sp³-hybridized carbons (Fsp3) is 0.320. The lowest BCUT2D eigenvalue weighted by molar-refractivity contribution is -0.127. The van der Waals surface area contributed by atoms with E-state index in [9.17, 15) is 4.79 Å². The third-order valence-corrected chi connectivity index (χ3v) is 5.84. The zero-order chi connectivity index (χ0) is 20.1. The molecule has 1 fully saturated rings. The number of benzene rings is 3. The maximum absolute atomic E-state index is 12.8. The van der Waals surface area contributed by atoms with Gasteiger partial charge in [-0.2, -0.15) is 0 Å². The van der Waals surface area contributed by atoms with Gasteiger partial charge in [-0.15, -0.1) is 0 Å². The molecule has 0 spiro atoms. The molecule has 1 amide bonds. The molecule has 150 valence electrons. The minimum absolute atomic E-state index is 0.0855. The molecule has 0 aromatic heterocycles. The highest BCUT2D eigenvalue weighted by atomic mass is 16.5. The van der Waals surface area contributed by atoms with Crippen LogP contribution in [0.4, 0.5) is 0 Å². The molecule has 29 heavy (non-hydrogen) atoms. The predicted octanol–water partition coefficient (Wildman–Crippen LogP) is 4.47. The molecule has 3 aromatic rings. The lowest BCUT2D eigenvalue weighted by Gasteiger charge is -2.38. The van der Waals surface area contributed by atoms with Crippen molar-refractivity contribution in [3.8, 4) is 5.75 Å². The first-order valence-corrected chi connectivity index (χ1v) is 10.2. The van der Waals surface area contributed by atoms with E-state index in [2.05, 4.69) is 35.6 Å². The Bertz CT molecular complexity index is 964. The summed E-state index contributed by atoms with van der Waals surface area (Å²) in [6.07, 6.45) is 1.23. The fourth-order valence-corrected chi connectivity index (χ4v) is 4.02. The van der Waals surface area contributed by atoms with E-state index >= 15 is 0 Å². The van der Waals surface area contributed by atoms with Crippen LogP contribution >= 0.6 is 0 Å². The molecule has 1 aliphatic rings. The Balaban J connectivity index is 1.42. The van der Waals surface area contributed by atoms with Crippen LogP contribution in [0.25, 0.3) is 10.8 Å². The number of carbonyl (C=O) groups is 1. The summed E-state index contributed by atoms with van der Waals surface area (Å²) in [5.74, 6) is 0.607. The maximum atomic E-state index is 12.8. The SMILES string of the molecule is C[C@H](Oc1ccc2ccccc2c1)C(=O)NCC1(c2ccccc2)CCOCC1. The van der Waals surface area contributed by atoms with Crippen molar-refractivity contribution in [3.63, 3.8) is 0 Å². The zero-order valence-electron chi connectivity index (χ0n) is 16.8. The summed E-state index contributed by atoms with van der Waals surface area (Å²) in [6.45, 7) is 3.82. The monoisotopic (exact) mass is 389 g/mol. The summed E-state index contributed by atoms with van der Waals surface area (Å²) < 4.78 is 11.5. The lowest BCUT2D eigenvalue weighted by Crippen LogP contribution is -2.47. The van der Waals surface area contributed by atoms with Crippen molar-refractivity contribution >= 4 is 16.7 Å². The Morgan fingerprint density at radius 3 is 2.45 bits per heavy atom. The molecule has 0 radical (unpaired) electrons. The molecule has 4 nitrogen and oxygen atoms in total. The Hall–Kier alpha value is -2.85. The third-order valence-electron chi connectivity index (χ3n) is 5.84. The highest BCUT2D eigenvalue weighted by Gasteiger charge is 2.35. The first-order chi connectivity index (χ1) is 14.2. The quantitative estimate of drug-likeness (QED) is 0.677. The third kappa shape index (κ3) is 4.43. The molecule has 1 N–H and O–H groups in total. The Labute approximate surface area is 171 Å². The van der Waals surface area contributed by atoms with E-state index in [-0.39, 0.29) is 11.3 Å². The Kier molecular flexibility index (Phi) is 5.81. The predicted molar refractivity (Wildman–Crippen MR) is 115 cm³/mol. The number of ether oxygens (including phenoxy) is 2. The van der Waals surface area contributed by atoms with Crippen LogP contribution in [0.15, 0.2) is 72.8 Å². The van der Waals surface area contributed by atoms with E-state index in [0.29, 0.717) is 25.5 Å². The van der Waals surface area contributed by atoms with Gasteiger partial charge >= 0.3 is 0 Å². The zero-order valence-corrected chi connectivity index (χ0v) is 16.8. The smallest absolute Gasteiger partial charge is 0.260 e. The van der Waals surface area contributed by atoms with Crippen molar-refractivity contribution in [3.05, 3.63) is 78.4 Å². The number of nitrogens with one attached hydrogen (secondary N) is 1. The molecule has 3 aromatic carbocycles. The summed E-state index contributed by atoms with van der Waals surface area (Å²) in [6, 6.07) is 24.4. The van der Waals surface area contributed by atoms with Crippen molar-refractivity contribution in [1.29, 1.82) is 0 Å². The van der Waals surface area contributed by atoms with Crippen LogP contribution in [-0.2, 0) is 14.9 Å². The molecule has 1 saturated heterocycles. The number of rotatable bonds is 6. The molecule has 0 unspecified atom stereocenters. The van der Waals surface area contributed by atoms with Crippen molar-refractivity contribution in [2.75, 3.05) is 19.8 Å². The van der Waals surface area contributed by atoms with Crippen LogP contribution in [0.3, 0.4) is 0 Å². The largest absolute Gasteiger partial charge is 0.481 e. The van der Waals surface area contributed by atoms with Gasteiger partial charge in [-0.05, 0) is 48.2 Å². The highest BCUT2D eigenvalue weighted by molar-refractivity contribution is 5.84. The maximum Gasteiger partial charge on any atom is 0.260 e. The summed E-state index contributed by atoms with van der Waals surface area (Å²) in [5.41, 5.74) is 1.17. The van der Waals surface area contributed by atoms with Crippen LogP contribution < -0.4 is 10.1 Å². The van der Waals surface area contributed by atoms with Crippen molar-refractivity contribution in [1.82, 2.24) is 5.32 Å². The normalized spacial score (nSPS) is 16.9. The molecule has 0 bridgehead atoms. The Morgan fingerprint density at radius 1 is 1.00 bits per heavy atom. The second kappa shape index (κ2) is 8.66. The van der Waals surface area contributed by atoms with Gasteiger partial charge in [-0.25, -0.2) is 0 Å². The molecule has 0 aliphatic carbocycles. The Morgan fingerprint density at radius 2 is 1.69 bits per heavy atom. The van der Waals surface area contributed by atoms with Gasteiger partial charge in [0.25, 0.3) is 5.91 Å². The first-order valence-electron chi connectivity index (χ1n) is 10.2. The van der Waals surface area contributed by atoms with Crippen molar-refractivity contribution in [2.24, 2.45) is 0 Å². The number of hydrogen-bond donors (Lipinski definition) is 1. The summed E-state index contributed by atoms with van der Waals surface area (Å²) in [7, 11) is 0. The number of amides is 1. The second-order valence-electron chi connectivity index (χ2n) is 7.75. The summed E-state index contributed by atoms with van der Waals surface area (Å²) >= 11 is 0. The van der Waals surface area contributed by atoms with Gasteiger partial charge in [0, 0.05) is 25.2 Å². The van der Waals surface area contributed by atoms with Gasteiger partial charge < -0.3 is 14.8 Å². The molecule has 4 rings (SSSR count). The summed E-state index contributed by atoms with van der Waals surface area (Å²) in [5, 5.41) is 5.38. The molecule has 1 atom stereocenters. The van der Waals surface area contributed by atoms with Crippen molar-refractivity contribution < 1.29 is 14.3 Å². The average molecular weight is 389 g/mol. The van der Waals surface area contributed by atoms with Crippen LogP contribution in [-0.4, -0.2) is 31.8 Å². The van der Waals surface area contributed by atoms with Crippen LogP contribution in [0.1, 0.15) is 25.3 Å². The van der Waals surface area contributed by atoms with Crippen LogP contribution in [0, 0.1) is 0 Å².